The highest BCUT2D eigenvalue weighted by molar-refractivity contribution is 7.83. The van der Waals surface area contributed by atoms with Crippen molar-refractivity contribution in [1.82, 2.24) is 19.5 Å². The van der Waals surface area contributed by atoms with E-state index in [1.54, 1.807) is 6.26 Å². The van der Waals surface area contributed by atoms with Crippen LogP contribution >= 0.6 is 11.6 Å². The Morgan fingerprint density at radius 3 is 2.67 bits per heavy atom. The van der Waals surface area contributed by atoms with E-state index in [0.717, 1.165) is 24.7 Å². The van der Waals surface area contributed by atoms with E-state index < -0.39 is 10.8 Å². The van der Waals surface area contributed by atoms with Gasteiger partial charge >= 0.3 is 0 Å². The van der Waals surface area contributed by atoms with Crippen LogP contribution in [0.4, 0.5) is 5.82 Å². The summed E-state index contributed by atoms with van der Waals surface area (Å²) in [5.41, 5.74) is 1.33. The number of aromatic nitrogens is 4. The Labute approximate surface area is 129 Å². The molecule has 1 aliphatic rings. The summed E-state index contributed by atoms with van der Waals surface area (Å²) in [4.78, 5) is 15.2. The van der Waals surface area contributed by atoms with Gasteiger partial charge in [-0.3, -0.25) is 4.21 Å². The van der Waals surface area contributed by atoms with Crippen molar-refractivity contribution in [2.45, 2.75) is 12.8 Å². The number of morpholine rings is 1. The van der Waals surface area contributed by atoms with Crippen molar-refractivity contribution in [2.75, 3.05) is 37.5 Å². The molecule has 0 aromatic carbocycles. The Morgan fingerprint density at radius 1 is 1.29 bits per heavy atom. The minimum absolute atomic E-state index is 0.173. The maximum absolute atomic E-state index is 11.5. The Balaban J connectivity index is 2.14. The first-order valence-corrected chi connectivity index (χ1v) is 8.70. The van der Waals surface area contributed by atoms with Crippen LogP contribution in [0.15, 0.2) is 0 Å². The Hall–Kier alpha value is -1.25. The SMILES string of the molecule is Cc1nc2c(N3CCOCC3)nc(Cl)nc2n1CS(C)=O. The summed E-state index contributed by atoms with van der Waals surface area (Å²) in [6.45, 7) is 4.66. The van der Waals surface area contributed by atoms with Crippen LogP contribution in [-0.2, 0) is 21.4 Å². The summed E-state index contributed by atoms with van der Waals surface area (Å²) < 4.78 is 18.7. The second-order valence-electron chi connectivity index (χ2n) is 4.88. The highest BCUT2D eigenvalue weighted by Gasteiger charge is 2.21. The number of halogens is 1. The number of fused-ring (bicyclic) bond motifs is 1. The molecule has 7 nitrogen and oxygen atoms in total. The molecular formula is C12H16ClN5O2S. The van der Waals surface area contributed by atoms with E-state index in [4.69, 9.17) is 16.3 Å². The van der Waals surface area contributed by atoms with Crippen LogP contribution in [0.5, 0.6) is 0 Å². The van der Waals surface area contributed by atoms with Gasteiger partial charge in [-0.1, -0.05) is 0 Å². The minimum Gasteiger partial charge on any atom is -0.378 e. The quantitative estimate of drug-likeness (QED) is 0.781. The van der Waals surface area contributed by atoms with Gasteiger partial charge in [-0.15, -0.1) is 0 Å². The second kappa shape index (κ2) is 5.86. The Morgan fingerprint density at radius 2 is 2.00 bits per heavy atom. The van der Waals surface area contributed by atoms with Crippen LogP contribution in [0.3, 0.4) is 0 Å². The predicted octanol–water partition coefficient (Wildman–Crippen LogP) is 0.961. The van der Waals surface area contributed by atoms with Crippen LogP contribution in [0.1, 0.15) is 5.82 Å². The minimum atomic E-state index is -0.993. The lowest BCUT2D eigenvalue weighted by Gasteiger charge is -2.27. The van der Waals surface area contributed by atoms with E-state index in [1.165, 1.54) is 0 Å². The molecule has 0 N–H and O–H groups in total. The van der Waals surface area contributed by atoms with Crippen molar-refractivity contribution in [3.8, 4) is 0 Å². The summed E-state index contributed by atoms with van der Waals surface area (Å²) in [7, 11) is -0.993. The van der Waals surface area contributed by atoms with Crippen molar-refractivity contribution in [2.24, 2.45) is 0 Å². The van der Waals surface area contributed by atoms with Gasteiger partial charge in [-0.25, -0.2) is 4.98 Å². The predicted molar refractivity (Wildman–Crippen MR) is 82.2 cm³/mol. The Bertz CT molecular complexity index is 699. The standard InChI is InChI=1S/C12H16ClN5O2S/c1-8-14-9-10(17-3-5-20-6-4-17)15-12(13)16-11(9)18(8)7-21(2)19/h3-7H2,1-2H3. The van der Waals surface area contributed by atoms with Crippen molar-refractivity contribution in [3.63, 3.8) is 0 Å². The summed E-state index contributed by atoms with van der Waals surface area (Å²) in [5.74, 6) is 1.82. The molecule has 114 valence electrons. The smallest absolute Gasteiger partial charge is 0.226 e. The molecule has 0 bridgehead atoms. The Kier molecular flexibility index (Phi) is 4.10. The number of aryl methyl sites for hydroxylation is 1. The molecule has 1 aliphatic heterocycles. The van der Waals surface area contributed by atoms with Gasteiger partial charge in [0.1, 0.15) is 11.7 Å². The molecule has 1 atom stereocenters. The van der Waals surface area contributed by atoms with Gasteiger partial charge in [-0.05, 0) is 18.5 Å². The van der Waals surface area contributed by atoms with Crippen LogP contribution in [-0.4, -0.2) is 56.3 Å². The molecule has 9 heteroatoms. The molecule has 0 aliphatic carbocycles. The van der Waals surface area contributed by atoms with Gasteiger partial charge in [0.2, 0.25) is 5.28 Å². The van der Waals surface area contributed by atoms with Crippen LogP contribution in [0, 0.1) is 6.92 Å². The fourth-order valence-electron chi connectivity index (χ4n) is 2.40. The highest BCUT2D eigenvalue weighted by atomic mass is 35.5. The topological polar surface area (TPSA) is 73.1 Å². The second-order valence-corrected chi connectivity index (χ2v) is 6.62. The van der Waals surface area contributed by atoms with Gasteiger partial charge in [-0.2, -0.15) is 9.97 Å². The van der Waals surface area contributed by atoms with E-state index in [-0.39, 0.29) is 5.28 Å². The first-order chi connectivity index (χ1) is 10.1. The number of hydrogen-bond acceptors (Lipinski definition) is 6. The molecule has 1 saturated heterocycles. The van der Waals surface area contributed by atoms with Gasteiger partial charge in [0.25, 0.3) is 0 Å². The first-order valence-electron chi connectivity index (χ1n) is 6.59. The zero-order chi connectivity index (χ0) is 15.0. The number of ether oxygens (including phenoxy) is 1. The normalized spacial score (nSPS) is 17.4. The molecule has 2 aromatic rings. The number of nitrogens with zero attached hydrogens (tertiary/aromatic N) is 5. The lowest BCUT2D eigenvalue weighted by Crippen LogP contribution is -2.37. The average Bonchev–Trinajstić information content (AvgIpc) is 2.75. The molecule has 1 fully saturated rings. The van der Waals surface area contributed by atoms with Crippen LogP contribution in [0.25, 0.3) is 11.2 Å². The molecule has 0 amide bonds. The molecule has 21 heavy (non-hydrogen) atoms. The van der Waals surface area contributed by atoms with E-state index in [0.29, 0.717) is 30.3 Å². The molecule has 1 unspecified atom stereocenters. The average molecular weight is 330 g/mol. The van der Waals surface area contributed by atoms with Crippen molar-refractivity contribution >= 4 is 39.4 Å². The van der Waals surface area contributed by atoms with Crippen LogP contribution < -0.4 is 4.90 Å². The summed E-state index contributed by atoms with van der Waals surface area (Å²) in [6.07, 6.45) is 1.65. The fourth-order valence-corrected chi connectivity index (χ4v) is 3.23. The number of anilines is 1. The zero-order valence-electron chi connectivity index (χ0n) is 11.9. The van der Waals surface area contributed by atoms with Crippen LogP contribution in [0.2, 0.25) is 5.28 Å². The number of hydrogen-bond donors (Lipinski definition) is 0. The zero-order valence-corrected chi connectivity index (χ0v) is 13.4. The monoisotopic (exact) mass is 329 g/mol. The lowest BCUT2D eigenvalue weighted by molar-refractivity contribution is 0.122. The third-order valence-corrected chi connectivity index (χ3v) is 4.15. The van der Waals surface area contributed by atoms with Gasteiger partial charge < -0.3 is 14.2 Å². The first kappa shape index (κ1) is 14.7. The van der Waals surface area contributed by atoms with E-state index in [1.807, 2.05) is 11.5 Å². The van der Waals surface area contributed by atoms with Gasteiger partial charge in [0.05, 0.1) is 13.2 Å². The summed E-state index contributed by atoms with van der Waals surface area (Å²) in [5, 5.41) is 0.173. The highest BCUT2D eigenvalue weighted by Crippen LogP contribution is 2.26. The fraction of sp³-hybridized carbons (Fsp3) is 0.583. The molecule has 0 spiro atoms. The third-order valence-electron chi connectivity index (χ3n) is 3.36. The van der Waals surface area contributed by atoms with Gasteiger partial charge in [0, 0.05) is 30.1 Å². The molecule has 0 saturated carbocycles. The van der Waals surface area contributed by atoms with E-state index >= 15 is 0 Å². The number of imidazole rings is 1. The summed E-state index contributed by atoms with van der Waals surface area (Å²) >= 11 is 6.06. The molecule has 2 aromatic heterocycles. The summed E-state index contributed by atoms with van der Waals surface area (Å²) in [6, 6.07) is 0. The van der Waals surface area contributed by atoms with E-state index in [9.17, 15) is 4.21 Å². The lowest BCUT2D eigenvalue weighted by atomic mass is 10.4. The van der Waals surface area contributed by atoms with Gasteiger partial charge in [0.15, 0.2) is 17.0 Å². The largest absolute Gasteiger partial charge is 0.378 e. The maximum Gasteiger partial charge on any atom is 0.226 e. The van der Waals surface area contributed by atoms with Crippen molar-refractivity contribution in [1.29, 1.82) is 0 Å². The van der Waals surface area contributed by atoms with E-state index in [2.05, 4.69) is 19.9 Å². The number of rotatable bonds is 3. The molecule has 0 radical (unpaired) electrons. The van der Waals surface area contributed by atoms with Crippen molar-refractivity contribution in [3.05, 3.63) is 11.1 Å². The van der Waals surface area contributed by atoms with Crippen molar-refractivity contribution < 1.29 is 8.95 Å². The third kappa shape index (κ3) is 2.88. The molecule has 3 heterocycles. The molecular weight excluding hydrogens is 314 g/mol. The molecule has 3 rings (SSSR count). The maximum atomic E-state index is 11.5.